The number of hydrogen-bond acceptors (Lipinski definition) is 4. The molecule has 5 nitrogen and oxygen atoms in total. The Balaban J connectivity index is 1.78. The van der Waals surface area contributed by atoms with Crippen LogP contribution in [0.15, 0.2) is 18.2 Å². The number of hydrogen-bond donors (Lipinski definition) is 1. The summed E-state index contributed by atoms with van der Waals surface area (Å²) in [7, 11) is 0. The molecule has 1 saturated carbocycles. The minimum absolute atomic E-state index is 0.183. The summed E-state index contributed by atoms with van der Waals surface area (Å²) in [6.07, 6.45) is 6.29. The van der Waals surface area contributed by atoms with Crippen molar-refractivity contribution in [1.29, 1.82) is 0 Å². The van der Waals surface area contributed by atoms with Gasteiger partial charge >= 0.3 is 0 Å². The van der Waals surface area contributed by atoms with Gasteiger partial charge in [0.15, 0.2) is 0 Å². The maximum Gasteiger partial charge on any atom is 0.269 e. The fourth-order valence-electron chi connectivity index (χ4n) is 3.22. The topological polar surface area (TPSA) is 58.4 Å². The fraction of sp³-hybridized carbons (Fsp3) is 0.625. The standard InChI is InChI=1S/C16H23N3O2/c1-12-10-15(19(20)21)7-8-16(12)18(14-5-6-14)11-13-4-2-3-9-17-13/h7-8,10,13-14,17H,2-6,9,11H2,1H3. The van der Waals surface area contributed by atoms with Gasteiger partial charge in [-0.25, -0.2) is 0 Å². The normalized spacial score (nSPS) is 22.0. The fourth-order valence-corrected chi connectivity index (χ4v) is 3.22. The van der Waals surface area contributed by atoms with Gasteiger partial charge < -0.3 is 10.2 Å². The van der Waals surface area contributed by atoms with E-state index in [9.17, 15) is 10.1 Å². The number of nitrogens with one attached hydrogen (secondary N) is 1. The maximum absolute atomic E-state index is 10.9. The minimum atomic E-state index is -0.319. The van der Waals surface area contributed by atoms with Gasteiger partial charge in [0, 0.05) is 36.4 Å². The highest BCUT2D eigenvalue weighted by Crippen LogP contribution is 2.35. The summed E-state index contributed by atoms with van der Waals surface area (Å²) in [5.74, 6) is 0. The van der Waals surface area contributed by atoms with Crippen LogP contribution in [0.1, 0.15) is 37.7 Å². The minimum Gasteiger partial charge on any atom is -0.367 e. The van der Waals surface area contributed by atoms with Crippen LogP contribution in [0.5, 0.6) is 0 Å². The quantitative estimate of drug-likeness (QED) is 0.668. The van der Waals surface area contributed by atoms with Crippen molar-refractivity contribution in [3.63, 3.8) is 0 Å². The first-order valence-corrected chi connectivity index (χ1v) is 7.90. The highest BCUT2D eigenvalue weighted by atomic mass is 16.6. The smallest absolute Gasteiger partial charge is 0.269 e. The van der Waals surface area contributed by atoms with Crippen molar-refractivity contribution < 1.29 is 4.92 Å². The van der Waals surface area contributed by atoms with Crippen LogP contribution in [-0.2, 0) is 0 Å². The van der Waals surface area contributed by atoms with Gasteiger partial charge in [-0.1, -0.05) is 6.42 Å². The highest BCUT2D eigenvalue weighted by molar-refractivity contribution is 5.58. The van der Waals surface area contributed by atoms with E-state index in [1.54, 1.807) is 12.1 Å². The van der Waals surface area contributed by atoms with E-state index in [4.69, 9.17) is 0 Å². The first kappa shape index (κ1) is 14.3. The lowest BCUT2D eigenvalue weighted by molar-refractivity contribution is -0.384. The van der Waals surface area contributed by atoms with Crippen LogP contribution < -0.4 is 10.2 Å². The maximum atomic E-state index is 10.9. The summed E-state index contributed by atoms with van der Waals surface area (Å²) >= 11 is 0. The number of nitrogens with zero attached hydrogens (tertiary/aromatic N) is 2. The first-order valence-electron chi connectivity index (χ1n) is 7.90. The highest BCUT2D eigenvalue weighted by Gasteiger charge is 2.32. The van der Waals surface area contributed by atoms with Crippen LogP contribution in [0.25, 0.3) is 0 Å². The molecule has 0 aromatic heterocycles. The molecule has 0 radical (unpaired) electrons. The van der Waals surface area contributed by atoms with Crippen LogP contribution in [0.2, 0.25) is 0 Å². The van der Waals surface area contributed by atoms with E-state index in [2.05, 4.69) is 10.2 Å². The van der Waals surface area contributed by atoms with Crippen molar-refractivity contribution in [2.24, 2.45) is 0 Å². The predicted molar refractivity (Wildman–Crippen MR) is 83.8 cm³/mol. The van der Waals surface area contributed by atoms with Gasteiger partial charge in [0.2, 0.25) is 0 Å². The van der Waals surface area contributed by atoms with Crippen molar-refractivity contribution in [1.82, 2.24) is 5.32 Å². The molecule has 1 aromatic rings. The van der Waals surface area contributed by atoms with E-state index in [-0.39, 0.29) is 10.6 Å². The molecule has 5 heteroatoms. The molecular formula is C16H23N3O2. The zero-order chi connectivity index (χ0) is 14.8. The van der Waals surface area contributed by atoms with Crippen molar-refractivity contribution in [2.45, 2.75) is 51.1 Å². The monoisotopic (exact) mass is 289 g/mol. The molecule has 2 fully saturated rings. The predicted octanol–water partition coefficient (Wildman–Crippen LogP) is 3.01. The van der Waals surface area contributed by atoms with Gasteiger partial charge in [0.1, 0.15) is 0 Å². The Morgan fingerprint density at radius 3 is 2.71 bits per heavy atom. The van der Waals surface area contributed by atoms with Crippen LogP contribution in [-0.4, -0.2) is 30.1 Å². The second-order valence-electron chi connectivity index (χ2n) is 6.26. The van der Waals surface area contributed by atoms with Gasteiger partial charge in [0.05, 0.1) is 4.92 Å². The van der Waals surface area contributed by atoms with Gasteiger partial charge in [-0.2, -0.15) is 0 Å². The third-order valence-corrected chi connectivity index (χ3v) is 4.52. The number of aryl methyl sites for hydroxylation is 1. The van der Waals surface area contributed by atoms with Gasteiger partial charge in [-0.05, 0) is 50.8 Å². The summed E-state index contributed by atoms with van der Waals surface area (Å²) in [6, 6.07) is 6.42. The number of anilines is 1. The van der Waals surface area contributed by atoms with Crippen LogP contribution in [0, 0.1) is 17.0 Å². The second-order valence-corrected chi connectivity index (χ2v) is 6.26. The molecule has 114 valence electrons. The van der Waals surface area contributed by atoms with E-state index in [1.165, 1.54) is 32.1 Å². The lowest BCUT2D eigenvalue weighted by Crippen LogP contribution is -2.44. The number of non-ortho nitro benzene ring substituents is 1. The van der Waals surface area contributed by atoms with Crippen molar-refractivity contribution >= 4 is 11.4 Å². The molecule has 2 aliphatic rings. The lowest BCUT2D eigenvalue weighted by atomic mass is 10.0. The third-order valence-electron chi connectivity index (χ3n) is 4.52. The summed E-state index contributed by atoms with van der Waals surface area (Å²) in [6.45, 7) is 4.11. The summed E-state index contributed by atoms with van der Waals surface area (Å²) in [4.78, 5) is 13.0. The van der Waals surface area contributed by atoms with Crippen LogP contribution in [0.4, 0.5) is 11.4 Å². The molecule has 1 aliphatic carbocycles. The first-order chi connectivity index (χ1) is 10.1. The average Bonchev–Trinajstić information content (AvgIpc) is 3.31. The van der Waals surface area contributed by atoms with E-state index >= 15 is 0 Å². The molecule has 0 bridgehead atoms. The Morgan fingerprint density at radius 1 is 1.33 bits per heavy atom. The van der Waals surface area contributed by atoms with Gasteiger partial charge in [-0.3, -0.25) is 10.1 Å². The van der Waals surface area contributed by atoms with Crippen molar-refractivity contribution in [3.05, 3.63) is 33.9 Å². The SMILES string of the molecule is Cc1cc([N+](=O)[O-])ccc1N(CC1CCCCN1)C1CC1. The zero-order valence-electron chi connectivity index (χ0n) is 12.5. The molecule has 1 aliphatic heterocycles. The number of piperidine rings is 1. The van der Waals surface area contributed by atoms with Gasteiger partial charge in [0.25, 0.3) is 5.69 Å². The van der Waals surface area contributed by atoms with E-state index in [0.29, 0.717) is 12.1 Å². The van der Waals surface area contributed by atoms with E-state index in [0.717, 1.165) is 24.3 Å². The molecule has 1 saturated heterocycles. The molecule has 1 atom stereocenters. The molecule has 0 amide bonds. The van der Waals surface area contributed by atoms with Crippen LogP contribution >= 0.6 is 0 Å². The average molecular weight is 289 g/mol. The molecule has 21 heavy (non-hydrogen) atoms. The molecule has 1 aromatic carbocycles. The zero-order valence-corrected chi connectivity index (χ0v) is 12.5. The summed E-state index contributed by atoms with van der Waals surface area (Å²) < 4.78 is 0. The molecule has 1 heterocycles. The number of nitro groups is 1. The summed E-state index contributed by atoms with van der Waals surface area (Å²) in [5.41, 5.74) is 2.35. The Hall–Kier alpha value is -1.62. The largest absolute Gasteiger partial charge is 0.367 e. The Bertz CT molecular complexity index is 522. The molecular weight excluding hydrogens is 266 g/mol. The van der Waals surface area contributed by atoms with Crippen molar-refractivity contribution in [2.75, 3.05) is 18.0 Å². The van der Waals surface area contributed by atoms with E-state index in [1.807, 2.05) is 13.0 Å². The van der Waals surface area contributed by atoms with E-state index < -0.39 is 0 Å². The van der Waals surface area contributed by atoms with Crippen molar-refractivity contribution in [3.8, 4) is 0 Å². The summed E-state index contributed by atoms with van der Waals surface area (Å²) in [5, 5.41) is 14.5. The molecule has 0 spiro atoms. The Morgan fingerprint density at radius 2 is 2.14 bits per heavy atom. The second kappa shape index (κ2) is 6.02. The van der Waals surface area contributed by atoms with Gasteiger partial charge in [-0.15, -0.1) is 0 Å². The molecule has 3 rings (SSSR count). The number of nitro benzene ring substituents is 1. The Kier molecular flexibility index (Phi) is 4.10. The molecule has 1 N–H and O–H groups in total. The third kappa shape index (κ3) is 3.35. The lowest BCUT2D eigenvalue weighted by Gasteiger charge is -2.33. The number of rotatable bonds is 5. The molecule has 1 unspecified atom stereocenters. The Labute approximate surface area is 125 Å². The van der Waals surface area contributed by atoms with Crippen LogP contribution in [0.3, 0.4) is 0 Å². The number of benzene rings is 1.